The van der Waals surface area contributed by atoms with Crippen molar-refractivity contribution in [2.24, 2.45) is 0 Å². The van der Waals surface area contributed by atoms with Crippen molar-refractivity contribution in [1.29, 1.82) is 0 Å². The Morgan fingerprint density at radius 1 is 1.56 bits per heavy atom. The number of carbonyl (C=O) groups is 1. The Balaban J connectivity index is 2.48. The summed E-state index contributed by atoms with van der Waals surface area (Å²) in [7, 11) is 0. The molecule has 6 heteroatoms. The van der Waals surface area contributed by atoms with Gasteiger partial charge in [-0.2, -0.15) is 5.10 Å². The lowest BCUT2D eigenvalue weighted by Crippen LogP contribution is -2.28. The molecule has 0 fully saturated rings. The summed E-state index contributed by atoms with van der Waals surface area (Å²) in [5.74, 6) is -0.471. The molecule has 0 saturated carbocycles. The van der Waals surface area contributed by atoms with E-state index in [1.807, 2.05) is 0 Å². The fourth-order valence-electron chi connectivity index (χ4n) is 1.21. The molecule has 0 saturated heterocycles. The molecule has 0 spiro atoms. The minimum absolute atomic E-state index is 0.177. The number of thiazole rings is 1. The number of hydrogen-bond acceptors (Lipinski definition) is 4. The molecular formula is C10H10FN3OS. The first kappa shape index (κ1) is 10.9. The second kappa shape index (κ2) is 3.79. The molecule has 0 atom stereocenters. The third-order valence-electron chi connectivity index (χ3n) is 2.22. The van der Waals surface area contributed by atoms with Crippen LogP contribution in [0.4, 0.5) is 4.39 Å². The SMILES string of the molecule is CC(C)(C=O)n1cc(F)c(-c2cscn2)n1. The summed E-state index contributed by atoms with van der Waals surface area (Å²) in [6.07, 6.45) is 1.94. The van der Waals surface area contributed by atoms with Crippen LogP contribution >= 0.6 is 11.3 Å². The molecule has 0 radical (unpaired) electrons. The van der Waals surface area contributed by atoms with Crippen LogP contribution < -0.4 is 0 Å². The van der Waals surface area contributed by atoms with Crippen molar-refractivity contribution in [1.82, 2.24) is 14.8 Å². The third kappa shape index (κ3) is 1.76. The molecule has 0 unspecified atom stereocenters. The van der Waals surface area contributed by atoms with Gasteiger partial charge in [-0.1, -0.05) is 0 Å². The number of halogens is 1. The van der Waals surface area contributed by atoms with Gasteiger partial charge in [0.2, 0.25) is 0 Å². The molecule has 0 aliphatic rings. The van der Waals surface area contributed by atoms with Crippen LogP contribution in [-0.4, -0.2) is 21.1 Å². The highest BCUT2D eigenvalue weighted by atomic mass is 32.1. The first-order valence-electron chi connectivity index (χ1n) is 4.65. The summed E-state index contributed by atoms with van der Waals surface area (Å²) in [5.41, 5.74) is 1.42. The molecule has 0 aliphatic carbocycles. The van der Waals surface area contributed by atoms with E-state index in [0.717, 1.165) is 6.29 Å². The molecule has 2 heterocycles. The molecule has 0 N–H and O–H groups in total. The van der Waals surface area contributed by atoms with Crippen LogP contribution in [0.2, 0.25) is 0 Å². The highest BCUT2D eigenvalue weighted by molar-refractivity contribution is 7.07. The van der Waals surface area contributed by atoms with Crippen molar-refractivity contribution >= 4 is 17.6 Å². The average molecular weight is 239 g/mol. The molecule has 0 amide bonds. The quantitative estimate of drug-likeness (QED) is 0.770. The molecule has 2 aromatic rings. The van der Waals surface area contributed by atoms with Crippen LogP contribution in [0.1, 0.15) is 13.8 Å². The van der Waals surface area contributed by atoms with Crippen LogP contribution in [0.5, 0.6) is 0 Å². The maximum Gasteiger partial charge on any atom is 0.170 e. The molecule has 2 aromatic heterocycles. The zero-order chi connectivity index (χ0) is 11.8. The van der Waals surface area contributed by atoms with Gasteiger partial charge in [0, 0.05) is 5.38 Å². The van der Waals surface area contributed by atoms with Gasteiger partial charge < -0.3 is 4.79 Å². The van der Waals surface area contributed by atoms with E-state index < -0.39 is 11.4 Å². The molecule has 0 aromatic carbocycles. The van der Waals surface area contributed by atoms with Crippen LogP contribution in [0.25, 0.3) is 11.4 Å². The monoisotopic (exact) mass is 239 g/mol. The molecule has 2 rings (SSSR count). The maximum atomic E-state index is 13.6. The molecule has 84 valence electrons. The number of aldehydes is 1. The topological polar surface area (TPSA) is 47.8 Å². The summed E-state index contributed by atoms with van der Waals surface area (Å²) in [4.78, 5) is 14.8. The lowest BCUT2D eigenvalue weighted by atomic mass is 10.1. The number of rotatable bonds is 3. The zero-order valence-electron chi connectivity index (χ0n) is 8.85. The van der Waals surface area contributed by atoms with Crippen LogP contribution in [0, 0.1) is 5.82 Å². The van der Waals surface area contributed by atoms with Crippen molar-refractivity contribution in [3.63, 3.8) is 0 Å². The van der Waals surface area contributed by atoms with Gasteiger partial charge in [0.05, 0.1) is 11.7 Å². The second-order valence-electron chi connectivity index (χ2n) is 3.92. The normalized spacial score (nSPS) is 11.7. The van der Waals surface area contributed by atoms with Crippen LogP contribution in [0.15, 0.2) is 17.1 Å². The standard InChI is InChI=1S/C10H10FN3OS/c1-10(2,5-15)14-3-7(11)9(13-14)8-4-16-6-12-8/h3-6H,1-2H3. The highest BCUT2D eigenvalue weighted by Gasteiger charge is 2.23. The minimum atomic E-state index is -0.852. The van der Waals surface area contributed by atoms with E-state index in [1.54, 1.807) is 24.7 Å². The summed E-state index contributed by atoms with van der Waals surface area (Å²) in [6.45, 7) is 3.33. The van der Waals surface area contributed by atoms with E-state index >= 15 is 0 Å². The van der Waals surface area contributed by atoms with Crippen molar-refractivity contribution in [2.75, 3.05) is 0 Å². The Morgan fingerprint density at radius 3 is 2.88 bits per heavy atom. The van der Waals surface area contributed by atoms with E-state index in [1.165, 1.54) is 22.2 Å². The fourth-order valence-corrected chi connectivity index (χ4v) is 1.74. The second-order valence-corrected chi connectivity index (χ2v) is 4.63. The molecule has 0 aliphatic heterocycles. The zero-order valence-corrected chi connectivity index (χ0v) is 9.66. The number of nitrogens with zero attached hydrogens (tertiary/aromatic N) is 3. The predicted octanol–water partition coefficient (Wildman–Crippen LogP) is 2.08. The van der Waals surface area contributed by atoms with Gasteiger partial charge in [-0.15, -0.1) is 11.3 Å². The van der Waals surface area contributed by atoms with Gasteiger partial charge in [0.25, 0.3) is 0 Å². The van der Waals surface area contributed by atoms with Crippen molar-refractivity contribution < 1.29 is 9.18 Å². The lowest BCUT2D eigenvalue weighted by molar-refractivity contribution is -0.114. The van der Waals surface area contributed by atoms with E-state index in [9.17, 15) is 9.18 Å². The Bertz CT molecular complexity index is 504. The van der Waals surface area contributed by atoms with Crippen LogP contribution in [-0.2, 0) is 10.3 Å². The van der Waals surface area contributed by atoms with E-state index in [2.05, 4.69) is 10.1 Å². The van der Waals surface area contributed by atoms with Gasteiger partial charge in [0.1, 0.15) is 23.2 Å². The fraction of sp³-hybridized carbons (Fsp3) is 0.300. The summed E-state index contributed by atoms with van der Waals surface area (Å²) in [6, 6.07) is 0. The van der Waals surface area contributed by atoms with Gasteiger partial charge in [-0.3, -0.25) is 4.68 Å². The first-order valence-corrected chi connectivity index (χ1v) is 5.59. The minimum Gasteiger partial charge on any atom is -0.301 e. The molecule has 16 heavy (non-hydrogen) atoms. The number of hydrogen-bond donors (Lipinski definition) is 0. The van der Waals surface area contributed by atoms with Crippen molar-refractivity contribution in [2.45, 2.75) is 19.4 Å². The van der Waals surface area contributed by atoms with Crippen LogP contribution in [0.3, 0.4) is 0 Å². The van der Waals surface area contributed by atoms with Gasteiger partial charge in [0.15, 0.2) is 5.82 Å². The molecular weight excluding hydrogens is 229 g/mol. The predicted molar refractivity (Wildman–Crippen MR) is 58.7 cm³/mol. The van der Waals surface area contributed by atoms with Gasteiger partial charge in [-0.05, 0) is 13.8 Å². The van der Waals surface area contributed by atoms with Crippen molar-refractivity contribution in [3.8, 4) is 11.4 Å². The highest BCUT2D eigenvalue weighted by Crippen LogP contribution is 2.23. The Hall–Kier alpha value is -1.56. The molecule has 4 nitrogen and oxygen atoms in total. The Morgan fingerprint density at radius 2 is 2.31 bits per heavy atom. The number of carbonyl (C=O) groups excluding carboxylic acids is 1. The summed E-state index contributed by atoms with van der Waals surface area (Å²) in [5, 5.41) is 5.76. The summed E-state index contributed by atoms with van der Waals surface area (Å²) >= 11 is 1.37. The maximum absolute atomic E-state index is 13.6. The lowest BCUT2D eigenvalue weighted by Gasteiger charge is -2.16. The average Bonchev–Trinajstić information content (AvgIpc) is 2.86. The van der Waals surface area contributed by atoms with E-state index in [-0.39, 0.29) is 5.69 Å². The van der Waals surface area contributed by atoms with Crippen molar-refractivity contribution in [3.05, 3.63) is 22.9 Å². The van der Waals surface area contributed by atoms with E-state index in [4.69, 9.17) is 0 Å². The van der Waals surface area contributed by atoms with Gasteiger partial charge >= 0.3 is 0 Å². The first-order chi connectivity index (χ1) is 7.54. The van der Waals surface area contributed by atoms with E-state index in [0.29, 0.717) is 5.69 Å². The smallest absolute Gasteiger partial charge is 0.170 e. The third-order valence-corrected chi connectivity index (χ3v) is 2.81. The largest absolute Gasteiger partial charge is 0.301 e. The Kier molecular flexibility index (Phi) is 2.59. The molecule has 0 bridgehead atoms. The number of aromatic nitrogens is 3. The Labute approximate surface area is 95.7 Å². The van der Waals surface area contributed by atoms with Gasteiger partial charge in [-0.25, -0.2) is 9.37 Å². The summed E-state index contributed by atoms with van der Waals surface area (Å²) < 4.78 is 14.9.